The predicted molar refractivity (Wildman–Crippen MR) is 138 cm³/mol. The molecule has 0 radical (unpaired) electrons. The molecule has 1 atom stereocenters. The number of hydrogen-bond acceptors (Lipinski definition) is 3. The molecular formula is C27H26BrN3O3. The summed E-state index contributed by atoms with van der Waals surface area (Å²) in [6.07, 6.45) is 1.52. The smallest absolute Gasteiger partial charge is 0.408 e. The molecule has 7 heteroatoms. The van der Waals surface area contributed by atoms with Crippen LogP contribution in [0.15, 0.2) is 77.4 Å². The molecule has 0 aliphatic heterocycles. The van der Waals surface area contributed by atoms with E-state index in [1.807, 2.05) is 86.8 Å². The van der Waals surface area contributed by atoms with Gasteiger partial charge in [0, 0.05) is 28.0 Å². The monoisotopic (exact) mass is 519 g/mol. The molecule has 0 saturated carbocycles. The number of carbonyl (C=O) groups is 2. The number of para-hydroxylation sites is 1. The van der Waals surface area contributed by atoms with Gasteiger partial charge >= 0.3 is 6.09 Å². The molecule has 34 heavy (non-hydrogen) atoms. The van der Waals surface area contributed by atoms with Crippen LogP contribution in [0.1, 0.15) is 22.3 Å². The van der Waals surface area contributed by atoms with Crippen LogP contribution < -0.4 is 10.6 Å². The summed E-state index contributed by atoms with van der Waals surface area (Å²) in [7, 11) is 0. The summed E-state index contributed by atoms with van der Waals surface area (Å²) in [4.78, 5) is 29.2. The highest BCUT2D eigenvalue weighted by Crippen LogP contribution is 2.27. The van der Waals surface area contributed by atoms with Crippen molar-refractivity contribution in [2.24, 2.45) is 0 Å². The second-order valence-electron chi connectivity index (χ2n) is 8.23. The molecule has 0 bridgehead atoms. The number of aromatic nitrogens is 1. The number of amides is 2. The third kappa shape index (κ3) is 5.66. The lowest BCUT2D eigenvalue weighted by Crippen LogP contribution is -2.45. The van der Waals surface area contributed by atoms with E-state index in [1.54, 1.807) is 0 Å². The van der Waals surface area contributed by atoms with Gasteiger partial charge in [0.05, 0.1) is 5.69 Å². The number of alkyl carbamates (subject to hydrolysis) is 1. The minimum absolute atomic E-state index is 0.122. The Morgan fingerprint density at radius 2 is 1.71 bits per heavy atom. The molecule has 0 saturated heterocycles. The Morgan fingerprint density at radius 3 is 2.50 bits per heavy atom. The zero-order valence-electron chi connectivity index (χ0n) is 19.0. The van der Waals surface area contributed by atoms with Crippen LogP contribution in [0.2, 0.25) is 0 Å². The van der Waals surface area contributed by atoms with Crippen molar-refractivity contribution < 1.29 is 14.3 Å². The molecule has 4 rings (SSSR count). The van der Waals surface area contributed by atoms with Crippen LogP contribution in [0.5, 0.6) is 0 Å². The number of halogens is 1. The Morgan fingerprint density at radius 1 is 1.00 bits per heavy atom. The minimum Gasteiger partial charge on any atom is -0.445 e. The second kappa shape index (κ2) is 10.6. The molecule has 0 fully saturated rings. The van der Waals surface area contributed by atoms with Gasteiger partial charge in [-0.2, -0.15) is 0 Å². The first-order valence-electron chi connectivity index (χ1n) is 11.0. The number of aryl methyl sites for hydroxylation is 2. The van der Waals surface area contributed by atoms with Gasteiger partial charge in [0.2, 0.25) is 5.91 Å². The SMILES string of the molecule is Cc1cc(Br)c(NC(=O)[C@H](Cc2c[nH]c3ccccc23)NC(=O)OCc2ccccc2)cc1C. The molecule has 6 nitrogen and oxygen atoms in total. The maximum absolute atomic E-state index is 13.3. The second-order valence-corrected chi connectivity index (χ2v) is 9.08. The molecule has 1 heterocycles. The van der Waals surface area contributed by atoms with Crippen LogP contribution in [-0.2, 0) is 22.6 Å². The maximum atomic E-state index is 13.3. The minimum atomic E-state index is -0.837. The molecule has 3 N–H and O–H groups in total. The highest BCUT2D eigenvalue weighted by Gasteiger charge is 2.24. The van der Waals surface area contributed by atoms with E-state index < -0.39 is 12.1 Å². The summed E-state index contributed by atoms with van der Waals surface area (Å²) >= 11 is 3.52. The molecule has 1 aromatic heterocycles. The fourth-order valence-corrected chi connectivity index (χ4v) is 4.29. The number of H-pyrrole nitrogens is 1. The van der Waals surface area contributed by atoms with Crippen molar-refractivity contribution in [3.8, 4) is 0 Å². The van der Waals surface area contributed by atoms with E-state index in [9.17, 15) is 9.59 Å². The van der Waals surface area contributed by atoms with Gasteiger partial charge in [-0.3, -0.25) is 4.79 Å². The highest BCUT2D eigenvalue weighted by atomic mass is 79.9. The molecule has 0 aliphatic carbocycles. The lowest BCUT2D eigenvalue weighted by Gasteiger charge is -2.19. The molecule has 174 valence electrons. The van der Waals surface area contributed by atoms with Gasteiger partial charge in [0.1, 0.15) is 12.6 Å². The molecule has 0 spiro atoms. The highest BCUT2D eigenvalue weighted by molar-refractivity contribution is 9.10. The third-order valence-electron chi connectivity index (χ3n) is 5.76. The van der Waals surface area contributed by atoms with Crippen LogP contribution in [-0.4, -0.2) is 23.0 Å². The largest absolute Gasteiger partial charge is 0.445 e. The van der Waals surface area contributed by atoms with Crippen LogP contribution in [0.3, 0.4) is 0 Å². The quantitative estimate of drug-likeness (QED) is 0.279. The van der Waals surface area contributed by atoms with E-state index in [0.717, 1.165) is 37.6 Å². The Balaban J connectivity index is 1.53. The first-order chi connectivity index (χ1) is 16.4. The molecule has 0 unspecified atom stereocenters. The van der Waals surface area contributed by atoms with Crippen molar-refractivity contribution in [1.82, 2.24) is 10.3 Å². The van der Waals surface area contributed by atoms with Crippen molar-refractivity contribution in [3.63, 3.8) is 0 Å². The molecule has 0 aliphatic rings. The van der Waals surface area contributed by atoms with E-state index in [2.05, 4.69) is 31.5 Å². The number of aromatic amines is 1. The third-order valence-corrected chi connectivity index (χ3v) is 6.42. The fourth-order valence-electron chi connectivity index (χ4n) is 3.73. The van der Waals surface area contributed by atoms with E-state index in [4.69, 9.17) is 4.74 Å². The lowest BCUT2D eigenvalue weighted by molar-refractivity contribution is -0.118. The zero-order chi connectivity index (χ0) is 24.1. The van der Waals surface area contributed by atoms with Gasteiger partial charge in [-0.05, 0) is 70.2 Å². The van der Waals surface area contributed by atoms with Gasteiger partial charge in [-0.1, -0.05) is 48.5 Å². The molecule has 2 amide bonds. The van der Waals surface area contributed by atoms with Crippen molar-refractivity contribution in [1.29, 1.82) is 0 Å². The predicted octanol–water partition coefficient (Wildman–Crippen LogP) is 6.02. The normalized spacial score (nSPS) is 11.7. The van der Waals surface area contributed by atoms with E-state index in [-0.39, 0.29) is 12.5 Å². The van der Waals surface area contributed by atoms with Gasteiger partial charge in [0.25, 0.3) is 0 Å². The van der Waals surface area contributed by atoms with Crippen LogP contribution >= 0.6 is 15.9 Å². The number of ether oxygens (including phenoxy) is 1. The van der Waals surface area contributed by atoms with Gasteiger partial charge in [-0.25, -0.2) is 4.79 Å². The fraction of sp³-hybridized carbons (Fsp3) is 0.185. The summed E-state index contributed by atoms with van der Waals surface area (Å²) in [5.74, 6) is -0.328. The van der Waals surface area contributed by atoms with Crippen molar-refractivity contribution in [3.05, 3.63) is 99.7 Å². The van der Waals surface area contributed by atoms with E-state index in [1.165, 1.54) is 0 Å². The molecule has 3 aromatic carbocycles. The Kier molecular flexibility index (Phi) is 7.33. The summed E-state index contributed by atoms with van der Waals surface area (Å²) in [5.41, 5.74) is 5.59. The lowest BCUT2D eigenvalue weighted by atomic mass is 10.0. The number of carbonyl (C=O) groups excluding carboxylic acids is 2. The standard InChI is InChI=1S/C27H26BrN3O3/c1-17-12-22(28)24(13-18(17)2)30-26(32)25(14-20-15-29-23-11-7-6-10-21(20)23)31-27(33)34-16-19-8-4-3-5-9-19/h3-13,15,25,29H,14,16H2,1-2H3,(H,30,32)(H,31,33)/t25-/m0/s1. The van der Waals surface area contributed by atoms with Gasteiger partial charge < -0.3 is 20.4 Å². The molecule has 4 aromatic rings. The Labute approximate surface area is 206 Å². The van der Waals surface area contributed by atoms with E-state index >= 15 is 0 Å². The Hall–Kier alpha value is -3.58. The summed E-state index contributed by atoms with van der Waals surface area (Å²) in [5, 5.41) is 6.71. The van der Waals surface area contributed by atoms with Crippen LogP contribution in [0.25, 0.3) is 10.9 Å². The van der Waals surface area contributed by atoms with Crippen molar-refractivity contribution >= 4 is 44.5 Å². The van der Waals surface area contributed by atoms with Crippen LogP contribution in [0.4, 0.5) is 10.5 Å². The summed E-state index contributed by atoms with van der Waals surface area (Å²) < 4.78 is 6.16. The topological polar surface area (TPSA) is 83.2 Å². The number of rotatable bonds is 7. The zero-order valence-corrected chi connectivity index (χ0v) is 20.6. The first-order valence-corrected chi connectivity index (χ1v) is 11.8. The van der Waals surface area contributed by atoms with E-state index in [0.29, 0.717) is 12.1 Å². The van der Waals surface area contributed by atoms with Crippen molar-refractivity contribution in [2.75, 3.05) is 5.32 Å². The summed E-state index contributed by atoms with van der Waals surface area (Å²) in [6, 6.07) is 20.3. The van der Waals surface area contributed by atoms with Gasteiger partial charge in [0.15, 0.2) is 0 Å². The number of anilines is 1. The van der Waals surface area contributed by atoms with Crippen LogP contribution in [0, 0.1) is 13.8 Å². The van der Waals surface area contributed by atoms with Gasteiger partial charge in [-0.15, -0.1) is 0 Å². The summed E-state index contributed by atoms with van der Waals surface area (Å²) in [6.45, 7) is 4.12. The maximum Gasteiger partial charge on any atom is 0.408 e. The number of benzene rings is 3. The van der Waals surface area contributed by atoms with Crippen molar-refractivity contribution in [2.45, 2.75) is 32.9 Å². The number of nitrogens with one attached hydrogen (secondary N) is 3. The number of fused-ring (bicyclic) bond motifs is 1. The molecular weight excluding hydrogens is 494 g/mol. The number of hydrogen-bond donors (Lipinski definition) is 3. The first kappa shape index (κ1) is 23.6. The Bertz CT molecular complexity index is 1320. The average Bonchev–Trinajstić information content (AvgIpc) is 3.24. The average molecular weight is 520 g/mol.